The number of rotatable bonds is 2. The number of esters is 1. The van der Waals surface area contributed by atoms with Crippen LogP contribution in [0.25, 0.3) is 0 Å². The third-order valence-electron chi connectivity index (χ3n) is 1.94. The summed E-state index contributed by atoms with van der Waals surface area (Å²) in [7, 11) is 0.991. The summed E-state index contributed by atoms with van der Waals surface area (Å²) in [5, 5.41) is 0. The van der Waals surface area contributed by atoms with Crippen LogP contribution in [-0.4, -0.2) is 25.0 Å². The minimum atomic E-state index is -1.22. The number of guanidine groups is 2. The molecule has 0 fully saturated rings. The Balaban J connectivity index is 3.33. The summed E-state index contributed by atoms with van der Waals surface area (Å²) in [6, 6.07) is 1.82. The van der Waals surface area contributed by atoms with E-state index in [2.05, 4.69) is 14.7 Å². The first-order valence-corrected chi connectivity index (χ1v) is 4.87. The van der Waals surface area contributed by atoms with E-state index in [4.69, 9.17) is 17.2 Å². The second kappa shape index (κ2) is 5.76. The van der Waals surface area contributed by atoms with Gasteiger partial charge in [-0.3, -0.25) is 0 Å². The molecule has 19 heavy (non-hydrogen) atoms. The molecule has 0 aliphatic carbocycles. The number of carbonyl (C=O) groups excluding carboxylic acids is 1. The van der Waals surface area contributed by atoms with E-state index >= 15 is 0 Å². The van der Waals surface area contributed by atoms with Crippen LogP contribution in [0.15, 0.2) is 22.1 Å². The molecule has 1 aromatic carbocycles. The molecule has 0 spiro atoms. The van der Waals surface area contributed by atoms with Crippen LogP contribution in [0.3, 0.4) is 0 Å². The van der Waals surface area contributed by atoms with E-state index < -0.39 is 34.8 Å². The van der Waals surface area contributed by atoms with Crippen molar-refractivity contribution in [2.45, 2.75) is 0 Å². The van der Waals surface area contributed by atoms with Crippen LogP contribution in [0.5, 0.6) is 0 Å². The van der Waals surface area contributed by atoms with E-state index in [1.165, 1.54) is 0 Å². The summed E-state index contributed by atoms with van der Waals surface area (Å²) in [4.78, 5) is 18.1. The maximum absolute atomic E-state index is 13.9. The number of methoxy groups -OCH3 is 1. The molecule has 0 aliphatic heterocycles. The monoisotopic (exact) mass is 271 g/mol. The van der Waals surface area contributed by atoms with Gasteiger partial charge in [0.2, 0.25) is 5.96 Å². The first-order chi connectivity index (χ1) is 8.86. The third kappa shape index (κ3) is 3.37. The lowest BCUT2D eigenvalue weighted by Gasteiger charge is -2.05. The van der Waals surface area contributed by atoms with Gasteiger partial charge in [0.15, 0.2) is 11.8 Å². The number of hydrogen-bond acceptors (Lipinski definition) is 3. The van der Waals surface area contributed by atoms with Gasteiger partial charge in [-0.2, -0.15) is 4.99 Å². The molecule has 0 bridgehead atoms. The quantitative estimate of drug-likeness (QED) is 0.395. The first kappa shape index (κ1) is 14.4. The highest BCUT2D eigenvalue weighted by atomic mass is 19.1. The summed E-state index contributed by atoms with van der Waals surface area (Å²) >= 11 is 0. The molecule has 0 amide bonds. The number of benzene rings is 1. The van der Waals surface area contributed by atoms with Crippen molar-refractivity contribution < 1.29 is 18.3 Å². The highest BCUT2D eigenvalue weighted by molar-refractivity contribution is 5.94. The summed E-state index contributed by atoms with van der Waals surface area (Å²) in [6.07, 6.45) is 0. The topological polar surface area (TPSA) is 129 Å². The van der Waals surface area contributed by atoms with Crippen molar-refractivity contribution in [2.24, 2.45) is 27.2 Å². The predicted molar refractivity (Wildman–Crippen MR) is 64.8 cm³/mol. The summed E-state index contributed by atoms with van der Waals surface area (Å²) < 4.78 is 31.4. The zero-order chi connectivity index (χ0) is 14.6. The van der Waals surface area contributed by atoms with Crippen molar-refractivity contribution in [3.63, 3.8) is 0 Å². The van der Waals surface area contributed by atoms with Crippen LogP contribution in [0.4, 0.5) is 14.5 Å². The van der Waals surface area contributed by atoms with Crippen LogP contribution in [0.1, 0.15) is 10.4 Å². The van der Waals surface area contributed by atoms with E-state index in [0.29, 0.717) is 0 Å². The molecule has 102 valence electrons. The summed E-state index contributed by atoms with van der Waals surface area (Å²) in [5.74, 6) is -4.30. The van der Waals surface area contributed by atoms with Crippen LogP contribution < -0.4 is 17.2 Å². The normalized spacial score (nSPS) is 11.0. The average Bonchev–Trinajstić information content (AvgIpc) is 2.31. The number of ether oxygens (including phenoxy) is 1. The molecular formula is C10H11F2N5O2. The lowest BCUT2D eigenvalue weighted by Crippen LogP contribution is -2.26. The van der Waals surface area contributed by atoms with Gasteiger partial charge in [-0.05, 0) is 12.1 Å². The molecule has 9 heteroatoms. The minimum absolute atomic E-state index is 0.378. The lowest BCUT2D eigenvalue weighted by atomic mass is 10.1. The molecule has 0 radical (unpaired) electrons. The Kier molecular flexibility index (Phi) is 4.35. The molecule has 0 atom stereocenters. The lowest BCUT2D eigenvalue weighted by molar-refractivity contribution is 0.0590. The highest BCUT2D eigenvalue weighted by Crippen LogP contribution is 2.24. The minimum Gasteiger partial charge on any atom is -0.465 e. The van der Waals surface area contributed by atoms with Gasteiger partial charge in [0.05, 0.1) is 7.11 Å². The number of halogens is 2. The molecule has 1 aromatic rings. The zero-order valence-electron chi connectivity index (χ0n) is 9.85. The molecule has 6 N–H and O–H groups in total. The Morgan fingerprint density at radius 1 is 1.26 bits per heavy atom. The van der Waals surface area contributed by atoms with Gasteiger partial charge in [-0.25, -0.2) is 18.6 Å². The molecule has 0 unspecified atom stereocenters. The van der Waals surface area contributed by atoms with Crippen molar-refractivity contribution in [2.75, 3.05) is 7.11 Å². The number of nitrogens with zero attached hydrogens (tertiary/aromatic N) is 2. The molecule has 7 nitrogen and oxygen atoms in total. The first-order valence-electron chi connectivity index (χ1n) is 4.87. The molecule has 1 rings (SSSR count). The fraction of sp³-hybridized carbons (Fsp3) is 0.100. The second-order valence-electron chi connectivity index (χ2n) is 3.25. The predicted octanol–water partition coefficient (Wildman–Crippen LogP) is -0.0290. The second-order valence-corrected chi connectivity index (χ2v) is 3.25. The van der Waals surface area contributed by atoms with Crippen LogP contribution in [-0.2, 0) is 4.74 Å². The van der Waals surface area contributed by atoms with Crippen molar-refractivity contribution in [1.82, 2.24) is 0 Å². The highest BCUT2D eigenvalue weighted by Gasteiger charge is 2.21. The summed E-state index contributed by atoms with van der Waals surface area (Å²) in [5.41, 5.74) is 14.1. The molecule has 0 aromatic heterocycles. The fourth-order valence-corrected chi connectivity index (χ4v) is 1.20. The zero-order valence-corrected chi connectivity index (χ0v) is 9.85. The smallest absolute Gasteiger partial charge is 0.343 e. The van der Waals surface area contributed by atoms with E-state index in [-0.39, 0.29) is 5.96 Å². The number of aliphatic imine (C=N–C) groups is 2. The van der Waals surface area contributed by atoms with Gasteiger partial charge in [-0.1, -0.05) is 0 Å². The molecule has 0 saturated carbocycles. The molecule has 0 saturated heterocycles. The van der Waals surface area contributed by atoms with Gasteiger partial charge in [-0.15, -0.1) is 0 Å². The van der Waals surface area contributed by atoms with Crippen molar-refractivity contribution in [3.8, 4) is 0 Å². The maximum Gasteiger partial charge on any atom is 0.343 e. The van der Waals surface area contributed by atoms with Crippen LogP contribution in [0, 0.1) is 11.6 Å². The van der Waals surface area contributed by atoms with E-state index in [9.17, 15) is 13.6 Å². The van der Waals surface area contributed by atoms with Crippen molar-refractivity contribution in [1.29, 1.82) is 0 Å². The van der Waals surface area contributed by atoms with E-state index in [1.807, 2.05) is 0 Å². The number of nitrogens with two attached hydrogens (primary N) is 3. The fourth-order valence-electron chi connectivity index (χ4n) is 1.20. The molecular weight excluding hydrogens is 260 g/mol. The largest absolute Gasteiger partial charge is 0.465 e. The van der Waals surface area contributed by atoms with Crippen LogP contribution in [0.2, 0.25) is 0 Å². The Labute approximate surface area is 106 Å². The van der Waals surface area contributed by atoms with Gasteiger partial charge < -0.3 is 21.9 Å². The number of carbonyl (C=O) groups is 1. The van der Waals surface area contributed by atoms with Gasteiger partial charge in [0, 0.05) is 0 Å². The Morgan fingerprint density at radius 2 is 1.89 bits per heavy atom. The Bertz CT molecular complexity index is 567. The third-order valence-corrected chi connectivity index (χ3v) is 1.94. The number of hydrogen-bond donors (Lipinski definition) is 3. The van der Waals surface area contributed by atoms with E-state index in [1.54, 1.807) is 0 Å². The Hall–Kier alpha value is -2.71. The molecule has 0 aliphatic rings. The van der Waals surface area contributed by atoms with Crippen molar-refractivity contribution >= 4 is 23.6 Å². The Morgan fingerprint density at radius 3 is 2.42 bits per heavy atom. The van der Waals surface area contributed by atoms with Crippen LogP contribution >= 0.6 is 0 Å². The van der Waals surface area contributed by atoms with Gasteiger partial charge in [0.25, 0.3) is 0 Å². The van der Waals surface area contributed by atoms with Gasteiger partial charge in [0.1, 0.15) is 17.1 Å². The standard InChI is InChI=1S/C10H11F2N5O2/c1-19-8(18)6-4(11)2-3-5(7(6)12)16-10(15)17-9(13)14/h2-3H,1H3,(H6,13,14,15,16,17). The maximum atomic E-state index is 13.9. The SMILES string of the molecule is COC(=O)c1c(F)ccc(N=C(N)N=C(N)N)c1F. The average molecular weight is 271 g/mol. The van der Waals surface area contributed by atoms with Crippen molar-refractivity contribution in [3.05, 3.63) is 29.3 Å². The van der Waals surface area contributed by atoms with E-state index in [0.717, 1.165) is 19.2 Å². The van der Waals surface area contributed by atoms with Gasteiger partial charge >= 0.3 is 5.97 Å². The summed E-state index contributed by atoms with van der Waals surface area (Å²) in [6.45, 7) is 0. The molecule has 0 heterocycles.